The zero-order valence-corrected chi connectivity index (χ0v) is 13.3. The molecule has 0 bridgehead atoms. The average Bonchev–Trinajstić information content (AvgIpc) is 3.01. The van der Waals surface area contributed by atoms with Gasteiger partial charge in [0, 0.05) is 32.7 Å². The number of benzene rings is 1. The lowest BCUT2D eigenvalue weighted by Crippen LogP contribution is -2.31. The number of hydrogen-bond acceptors (Lipinski definition) is 2. The summed E-state index contributed by atoms with van der Waals surface area (Å²) in [6.45, 7) is 4.36. The Kier molecular flexibility index (Phi) is 2.66. The fourth-order valence-corrected chi connectivity index (χ4v) is 4.77. The molecule has 0 saturated heterocycles. The molecule has 1 aromatic heterocycles. The Labute approximate surface area is 126 Å². The molecular weight excluding hydrogens is 318 g/mol. The van der Waals surface area contributed by atoms with Gasteiger partial charge in [0.15, 0.2) is 0 Å². The van der Waals surface area contributed by atoms with Crippen molar-refractivity contribution in [2.45, 2.75) is 31.7 Å². The second-order valence-electron chi connectivity index (χ2n) is 5.81. The summed E-state index contributed by atoms with van der Waals surface area (Å²) in [5.41, 5.74) is 4.66. The van der Waals surface area contributed by atoms with Crippen LogP contribution in [0.1, 0.15) is 28.8 Å². The molecule has 1 saturated carbocycles. The molecule has 1 N–H and O–H groups in total. The molecule has 2 aromatic rings. The number of hydrogen-bond donors (Lipinski definition) is 1. The van der Waals surface area contributed by atoms with Gasteiger partial charge in [0.2, 0.25) is 0 Å². The Bertz CT molecular complexity index is 655. The minimum atomic E-state index is 0.498. The molecule has 0 atom stereocenters. The fraction of sp³-hybridized carbons (Fsp3) is 0.375. The first-order valence-corrected chi connectivity index (χ1v) is 8.39. The summed E-state index contributed by atoms with van der Waals surface area (Å²) in [4.78, 5) is 3.07. The van der Waals surface area contributed by atoms with Gasteiger partial charge in [-0.25, -0.2) is 0 Å². The number of halogens is 1. The Hall–Kier alpha value is -0.640. The SMILES string of the molecule is Cc1ccc(-c2cc3c(s2)C2(CC2)CNC3)cc1Br. The largest absolute Gasteiger partial charge is 0.312 e. The van der Waals surface area contributed by atoms with Crippen molar-refractivity contribution in [3.63, 3.8) is 0 Å². The summed E-state index contributed by atoms with van der Waals surface area (Å²) in [5.74, 6) is 0. The van der Waals surface area contributed by atoms with E-state index in [-0.39, 0.29) is 0 Å². The topological polar surface area (TPSA) is 12.0 Å². The lowest BCUT2D eigenvalue weighted by atomic mass is 9.97. The molecule has 1 aliphatic heterocycles. The van der Waals surface area contributed by atoms with Crippen LogP contribution in [-0.4, -0.2) is 6.54 Å². The first kappa shape index (κ1) is 12.1. The molecule has 0 unspecified atom stereocenters. The number of thiophene rings is 1. The minimum absolute atomic E-state index is 0.498. The number of rotatable bonds is 1. The lowest BCUT2D eigenvalue weighted by Gasteiger charge is -2.22. The monoisotopic (exact) mass is 333 g/mol. The molecule has 1 spiro atoms. The van der Waals surface area contributed by atoms with E-state index in [9.17, 15) is 0 Å². The maximum atomic E-state index is 3.64. The van der Waals surface area contributed by atoms with Crippen molar-refractivity contribution in [3.8, 4) is 10.4 Å². The molecule has 0 amide bonds. The molecule has 1 aromatic carbocycles. The summed E-state index contributed by atoms with van der Waals surface area (Å²) in [5, 5.41) is 3.58. The molecule has 1 nitrogen and oxygen atoms in total. The van der Waals surface area contributed by atoms with E-state index in [1.165, 1.54) is 45.4 Å². The van der Waals surface area contributed by atoms with Crippen molar-refractivity contribution in [2.75, 3.05) is 6.54 Å². The van der Waals surface area contributed by atoms with Gasteiger partial charge in [0.1, 0.15) is 0 Å². The van der Waals surface area contributed by atoms with E-state index in [0.29, 0.717) is 5.41 Å². The standard InChI is InChI=1S/C16H16BrNS/c1-10-2-3-11(6-13(10)17)14-7-12-8-18-9-16(4-5-16)15(12)19-14/h2-3,6-7,18H,4-5,8-9H2,1H3. The van der Waals surface area contributed by atoms with Gasteiger partial charge >= 0.3 is 0 Å². The van der Waals surface area contributed by atoms with Gasteiger partial charge in [0.25, 0.3) is 0 Å². The second-order valence-corrected chi connectivity index (χ2v) is 7.72. The van der Waals surface area contributed by atoms with Crippen LogP contribution in [0.3, 0.4) is 0 Å². The highest BCUT2D eigenvalue weighted by atomic mass is 79.9. The fourth-order valence-electron chi connectivity index (χ4n) is 2.97. The Morgan fingerprint density at radius 3 is 2.84 bits per heavy atom. The van der Waals surface area contributed by atoms with Gasteiger partial charge in [-0.2, -0.15) is 0 Å². The minimum Gasteiger partial charge on any atom is -0.312 e. The summed E-state index contributed by atoms with van der Waals surface area (Å²) in [6.07, 6.45) is 2.73. The third-order valence-electron chi connectivity index (χ3n) is 4.38. The van der Waals surface area contributed by atoms with Crippen molar-refractivity contribution in [2.24, 2.45) is 0 Å². The Morgan fingerprint density at radius 2 is 2.11 bits per heavy atom. The highest BCUT2D eigenvalue weighted by molar-refractivity contribution is 9.10. The van der Waals surface area contributed by atoms with Crippen LogP contribution in [0, 0.1) is 6.92 Å². The zero-order chi connectivity index (χ0) is 13.0. The lowest BCUT2D eigenvalue weighted by molar-refractivity contribution is 0.541. The molecule has 3 heteroatoms. The van der Waals surface area contributed by atoms with Crippen LogP contribution in [0.2, 0.25) is 0 Å². The van der Waals surface area contributed by atoms with Crippen molar-refractivity contribution < 1.29 is 0 Å². The van der Waals surface area contributed by atoms with Crippen molar-refractivity contribution in [3.05, 3.63) is 44.7 Å². The smallest absolute Gasteiger partial charge is 0.0349 e. The summed E-state index contributed by atoms with van der Waals surface area (Å²) < 4.78 is 1.20. The number of fused-ring (bicyclic) bond motifs is 2. The third kappa shape index (κ3) is 1.91. The van der Waals surface area contributed by atoms with Gasteiger partial charge in [-0.05, 0) is 48.6 Å². The Morgan fingerprint density at radius 1 is 1.26 bits per heavy atom. The molecule has 1 aliphatic carbocycles. The van der Waals surface area contributed by atoms with Gasteiger partial charge in [-0.3, -0.25) is 0 Å². The van der Waals surface area contributed by atoms with E-state index in [1.54, 1.807) is 4.88 Å². The van der Waals surface area contributed by atoms with Crippen LogP contribution in [0.5, 0.6) is 0 Å². The van der Waals surface area contributed by atoms with E-state index in [1.807, 2.05) is 11.3 Å². The molecular formula is C16H16BrNS. The quantitative estimate of drug-likeness (QED) is 0.802. The van der Waals surface area contributed by atoms with Crippen LogP contribution >= 0.6 is 27.3 Å². The van der Waals surface area contributed by atoms with Gasteiger partial charge in [0.05, 0.1) is 0 Å². The first-order chi connectivity index (χ1) is 9.18. The van der Waals surface area contributed by atoms with E-state index in [0.717, 1.165) is 6.54 Å². The summed E-state index contributed by atoms with van der Waals surface area (Å²) >= 11 is 5.65. The highest BCUT2D eigenvalue weighted by Gasteiger charge is 2.48. The summed E-state index contributed by atoms with van der Waals surface area (Å²) in [7, 11) is 0. The predicted molar refractivity (Wildman–Crippen MR) is 84.8 cm³/mol. The van der Waals surface area contributed by atoms with E-state index in [2.05, 4.69) is 52.4 Å². The molecule has 2 heterocycles. The maximum absolute atomic E-state index is 3.64. The maximum Gasteiger partial charge on any atom is 0.0349 e. The van der Waals surface area contributed by atoms with Gasteiger partial charge in [-0.1, -0.05) is 28.1 Å². The van der Waals surface area contributed by atoms with E-state index >= 15 is 0 Å². The number of aryl methyl sites for hydroxylation is 1. The molecule has 19 heavy (non-hydrogen) atoms. The van der Waals surface area contributed by atoms with Crippen LogP contribution in [0.4, 0.5) is 0 Å². The van der Waals surface area contributed by atoms with Crippen molar-refractivity contribution >= 4 is 27.3 Å². The summed E-state index contributed by atoms with van der Waals surface area (Å²) in [6, 6.07) is 9.08. The molecule has 0 radical (unpaired) electrons. The highest BCUT2D eigenvalue weighted by Crippen LogP contribution is 2.54. The second kappa shape index (κ2) is 4.18. The molecule has 1 fully saturated rings. The van der Waals surface area contributed by atoms with Crippen LogP contribution in [-0.2, 0) is 12.0 Å². The normalized spacial score (nSPS) is 19.5. The van der Waals surface area contributed by atoms with E-state index < -0.39 is 0 Å². The first-order valence-electron chi connectivity index (χ1n) is 6.78. The molecule has 4 rings (SSSR count). The molecule has 2 aliphatic rings. The van der Waals surface area contributed by atoms with E-state index in [4.69, 9.17) is 0 Å². The van der Waals surface area contributed by atoms with Crippen LogP contribution < -0.4 is 5.32 Å². The third-order valence-corrected chi connectivity index (χ3v) is 6.71. The zero-order valence-electron chi connectivity index (χ0n) is 10.9. The molecule has 98 valence electrons. The van der Waals surface area contributed by atoms with Gasteiger partial charge in [-0.15, -0.1) is 11.3 Å². The van der Waals surface area contributed by atoms with Crippen LogP contribution in [0.15, 0.2) is 28.7 Å². The predicted octanol–water partition coefficient (Wildman–Crippen LogP) is 4.62. The van der Waals surface area contributed by atoms with Gasteiger partial charge < -0.3 is 5.32 Å². The van der Waals surface area contributed by atoms with Crippen molar-refractivity contribution in [1.29, 1.82) is 0 Å². The van der Waals surface area contributed by atoms with Crippen molar-refractivity contribution in [1.82, 2.24) is 5.32 Å². The Balaban J connectivity index is 1.80. The average molecular weight is 334 g/mol. The number of nitrogens with one attached hydrogen (secondary N) is 1. The van der Waals surface area contributed by atoms with Crippen LogP contribution in [0.25, 0.3) is 10.4 Å².